The average molecular weight is 215 g/mol. The maximum absolute atomic E-state index is 10.5. The molecule has 1 atom stereocenters. The SMILES string of the molecule is C[C@@H](C[N+](=O)[O-])c1ccc2ccccc2c1. The van der Waals surface area contributed by atoms with E-state index in [1.807, 2.05) is 49.4 Å². The molecule has 3 nitrogen and oxygen atoms in total. The first-order valence-corrected chi connectivity index (χ1v) is 5.27. The molecule has 0 saturated carbocycles. The Hall–Kier alpha value is -1.90. The van der Waals surface area contributed by atoms with E-state index in [2.05, 4.69) is 0 Å². The molecule has 0 radical (unpaired) electrons. The Balaban J connectivity index is 2.35. The number of nitro groups is 1. The Kier molecular flexibility index (Phi) is 2.86. The molecule has 0 amide bonds. The lowest BCUT2D eigenvalue weighted by Gasteiger charge is -2.08. The molecule has 3 heteroatoms. The first-order chi connectivity index (χ1) is 7.66. The van der Waals surface area contributed by atoms with Crippen molar-refractivity contribution in [3.63, 3.8) is 0 Å². The van der Waals surface area contributed by atoms with Gasteiger partial charge >= 0.3 is 0 Å². The Morgan fingerprint density at radius 3 is 2.56 bits per heavy atom. The highest BCUT2D eigenvalue weighted by atomic mass is 16.6. The van der Waals surface area contributed by atoms with Gasteiger partial charge in [0, 0.05) is 10.8 Å². The molecule has 0 spiro atoms. The third-order valence-corrected chi connectivity index (χ3v) is 2.77. The molecule has 16 heavy (non-hydrogen) atoms. The average Bonchev–Trinajstić information content (AvgIpc) is 2.27. The van der Waals surface area contributed by atoms with Crippen LogP contribution in [0.1, 0.15) is 18.4 Å². The zero-order valence-electron chi connectivity index (χ0n) is 9.09. The van der Waals surface area contributed by atoms with Crippen molar-refractivity contribution in [3.05, 3.63) is 58.1 Å². The van der Waals surface area contributed by atoms with Crippen LogP contribution in [0.25, 0.3) is 10.8 Å². The van der Waals surface area contributed by atoms with Crippen LogP contribution in [0.15, 0.2) is 42.5 Å². The van der Waals surface area contributed by atoms with E-state index in [0.29, 0.717) is 0 Å². The first kappa shape index (κ1) is 10.6. The highest BCUT2D eigenvalue weighted by Crippen LogP contribution is 2.21. The standard InChI is InChI=1S/C13H13NO2/c1-10(9-14(15)16)12-7-6-11-4-2-3-5-13(11)8-12/h2-8,10H,9H2,1H3/t10-/m0/s1. The predicted octanol–water partition coefficient (Wildman–Crippen LogP) is 3.22. The summed E-state index contributed by atoms with van der Waals surface area (Å²) in [5, 5.41) is 12.8. The van der Waals surface area contributed by atoms with E-state index in [4.69, 9.17) is 0 Å². The van der Waals surface area contributed by atoms with Gasteiger partial charge in [0.25, 0.3) is 0 Å². The summed E-state index contributed by atoms with van der Waals surface area (Å²) >= 11 is 0. The third kappa shape index (κ3) is 2.19. The smallest absolute Gasteiger partial charge is 0.210 e. The van der Waals surface area contributed by atoms with E-state index in [0.717, 1.165) is 10.9 Å². The summed E-state index contributed by atoms with van der Waals surface area (Å²) in [5.74, 6) is -0.0420. The van der Waals surface area contributed by atoms with Crippen LogP contribution in [-0.2, 0) is 0 Å². The Labute approximate surface area is 93.9 Å². The van der Waals surface area contributed by atoms with E-state index in [1.165, 1.54) is 5.39 Å². The summed E-state index contributed by atoms with van der Waals surface area (Å²) in [5.41, 5.74) is 1.02. The number of benzene rings is 2. The third-order valence-electron chi connectivity index (χ3n) is 2.77. The van der Waals surface area contributed by atoms with Gasteiger partial charge < -0.3 is 0 Å². The Bertz CT molecular complexity index is 522. The van der Waals surface area contributed by atoms with Crippen molar-refractivity contribution in [1.82, 2.24) is 0 Å². The molecule has 2 aromatic rings. The van der Waals surface area contributed by atoms with Crippen molar-refractivity contribution < 1.29 is 4.92 Å². The van der Waals surface area contributed by atoms with Crippen LogP contribution in [0, 0.1) is 10.1 Å². The number of hydrogen-bond donors (Lipinski definition) is 0. The molecular weight excluding hydrogens is 202 g/mol. The minimum atomic E-state index is -0.264. The monoisotopic (exact) mass is 215 g/mol. The fraction of sp³-hybridized carbons (Fsp3) is 0.231. The first-order valence-electron chi connectivity index (χ1n) is 5.27. The van der Waals surface area contributed by atoms with Gasteiger partial charge in [0.2, 0.25) is 6.54 Å². The van der Waals surface area contributed by atoms with E-state index in [9.17, 15) is 10.1 Å². The Morgan fingerprint density at radius 2 is 1.88 bits per heavy atom. The molecule has 0 aromatic heterocycles. The zero-order chi connectivity index (χ0) is 11.5. The van der Waals surface area contributed by atoms with E-state index < -0.39 is 0 Å². The molecule has 2 aromatic carbocycles. The Morgan fingerprint density at radius 1 is 1.19 bits per heavy atom. The minimum Gasteiger partial charge on any atom is -0.265 e. The van der Waals surface area contributed by atoms with Crippen LogP contribution in [0.4, 0.5) is 0 Å². The second kappa shape index (κ2) is 4.31. The largest absolute Gasteiger partial charge is 0.265 e. The maximum Gasteiger partial charge on any atom is 0.210 e. The molecule has 0 aliphatic heterocycles. The number of rotatable bonds is 3. The van der Waals surface area contributed by atoms with Crippen molar-refractivity contribution in [3.8, 4) is 0 Å². The van der Waals surface area contributed by atoms with Gasteiger partial charge in [-0.05, 0) is 16.3 Å². The summed E-state index contributed by atoms with van der Waals surface area (Å²) in [6.07, 6.45) is 0. The molecule has 0 bridgehead atoms. The topological polar surface area (TPSA) is 43.1 Å². The molecule has 0 N–H and O–H groups in total. The van der Waals surface area contributed by atoms with Crippen LogP contribution >= 0.6 is 0 Å². The van der Waals surface area contributed by atoms with Gasteiger partial charge in [-0.25, -0.2) is 0 Å². The molecule has 0 unspecified atom stereocenters. The van der Waals surface area contributed by atoms with Gasteiger partial charge in [-0.1, -0.05) is 49.4 Å². The number of nitrogens with zero attached hydrogens (tertiary/aromatic N) is 1. The maximum atomic E-state index is 10.5. The van der Waals surface area contributed by atoms with Crippen LogP contribution in [0.5, 0.6) is 0 Å². The summed E-state index contributed by atoms with van der Waals surface area (Å²) in [6.45, 7) is 1.87. The molecular formula is C13H13NO2. The lowest BCUT2D eigenvalue weighted by atomic mass is 9.98. The van der Waals surface area contributed by atoms with Crippen molar-refractivity contribution in [2.45, 2.75) is 12.8 Å². The van der Waals surface area contributed by atoms with Crippen LogP contribution in [0.3, 0.4) is 0 Å². The zero-order valence-corrected chi connectivity index (χ0v) is 9.09. The van der Waals surface area contributed by atoms with Gasteiger partial charge in [0.15, 0.2) is 0 Å². The highest BCUT2D eigenvalue weighted by molar-refractivity contribution is 5.83. The molecule has 0 heterocycles. The summed E-state index contributed by atoms with van der Waals surface area (Å²) < 4.78 is 0. The highest BCUT2D eigenvalue weighted by Gasteiger charge is 2.11. The molecule has 0 fully saturated rings. The normalized spacial score (nSPS) is 12.6. The summed E-state index contributed by atoms with van der Waals surface area (Å²) in [6, 6.07) is 14.0. The van der Waals surface area contributed by atoms with Gasteiger partial charge in [0.1, 0.15) is 0 Å². The quantitative estimate of drug-likeness (QED) is 0.582. The van der Waals surface area contributed by atoms with Gasteiger partial charge in [-0.15, -0.1) is 0 Å². The fourth-order valence-corrected chi connectivity index (χ4v) is 1.84. The van der Waals surface area contributed by atoms with Crippen molar-refractivity contribution in [2.24, 2.45) is 0 Å². The van der Waals surface area contributed by atoms with Crippen molar-refractivity contribution >= 4 is 10.8 Å². The lowest BCUT2D eigenvalue weighted by Crippen LogP contribution is -2.09. The van der Waals surface area contributed by atoms with E-state index >= 15 is 0 Å². The molecule has 0 aliphatic carbocycles. The molecule has 2 rings (SSSR count). The van der Waals surface area contributed by atoms with E-state index in [1.54, 1.807) is 0 Å². The lowest BCUT2D eigenvalue weighted by molar-refractivity contribution is -0.482. The van der Waals surface area contributed by atoms with Gasteiger partial charge in [0.05, 0.1) is 0 Å². The van der Waals surface area contributed by atoms with Gasteiger partial charge in [-0.3, -0.25) is 10.1 Å². The number of hydrogen-bond acceptors (Lipinski definition) is 2. The predicted molar refractivity (Wildman–Crippen MR) is 64.2 cm³/mol. The number of fused-ring (bicyclic) bond motifs is 1. The molecule has 82 valence electrons. The van der Waals surface area contributed by atoms with Crippen LogP contribution in [0.2, 0.25) is 0 Å². The molecule has 0 saturated heterocycles. The second-order valence-electron chi connectivity index (χ2n) is 4.02. The summed E-state index contributed by atoms with van der Waals surface area (Å²) in [4.78, 5) is 10.2. The van der Waals surface area contributed by atoms with E-state index in [-0.39, 0.29) is 17.4 Å². The molecule has 0 aliphatic rings. The van der Waals surface area contributed by atoms with Crippen LogP contribution in [-0.4, -0.2) is 11.5 Å². The summed E-state index contributed by atoms with van der Waals surface area (Å²) in [7, 11) is 0. The fourth-order valence-electron chi connectivity index (χ4n) is 1.84. The van der Waals surface area contributed by atoms with Crippen molar-refractivity contribution in [2.75, 3.05) is 6.54 Å². The minimum absolute atomic E-state index is 0.0155. The second-order valence-corrected chi connectivity index (χ2v) is 4.02. The van der Waals surface area contributed by atoms with Crippen molar-refractivity contribution in [1.29, 1.82) is 0 Å². The van der Waals surface area contributed by atoms with Crippen LogP contribution < -0.4 is 0 Å². The van der Waals surface area contributed by atoms with Gasteiger partial charge in [-0.2, -0.15) is 0 Å².